The number of halogens is 1. The zero-order valence-corrected chi connectivity index (χ0v) is 17.3. The topological polar surface area (TPSA) is 75.9 Å². The minimum atomic E-state index is -0.458. The molecule has 0 unspecified atom stereocenters. The quantitative estimate of drug-likeness (QED) is 0.504. The van der Waals surface area contributed by atoms with Crippen LogP contribution in [0.15, 0.2) is 60.1 Å². The van der Waals surface area contributed by atoms with Crippen LogP contribution in [0.1, 0.15) is 23.5 Å². The fraction of sp³-hybridized carbons (Fsp3) is 0.182. The zero-order chi connectivity index (χ0) is 21.2. The van der Waals surface area contributed by atoms with Crippen LogP contribution in [0.4, 0.5) is 15.9 Å². The first-order valence-corrected chi connectivity index (χ1v) is 10.8. The first-order valence-electron chi connectivity index (χ1n) is 9.96. The smallest absolute Gasteiger partial charge is 0.296 e. The molecule has 1 aromatic carbocycles. The van der Waals surface area contributed by atoms with E-state index in [1.165, 1.54) is 36.3 Å². The standard InChI is InChI=1S/C22H19FN6OS/c23-15-5-7-16(8-6-15)29-21(18-4-3-13-31-18)26-20(27-29)22(30)25-19-10-9-17(14-24-19)28-11-1-2-12-28/h3-10,13-14H,1-2,11-12H2,(H,24,25,30). The number of thiophene rings is 1. The highest BCUT2D eigenvalue weighted by Crippen LogP contribution is 2.26. The molecule has 0 bridgehead atoms. The third-order valence-electron chi connectivity index (χ3n) is 5.08. The lowest BCUT2D eigenvalue weighted by atomic mass is 10.3. The van der Waals surface area contributed by atoms with Crippen molar-refractivity contribution in [3.8, 4) is 16.4 Å². The van der Waals surface area contributed by atoms with Gasteiger partial charge >= 0.3 is 0 Å². The summed E-state index contributed by atoms with van der Waals surface area (Å²) in [6.07, 6.45) is 4.14. The van der Waals surface area contributed by atoms with Crippen LogP contribution in [-0.2, 0) is 0 Å². The second-order valence-electron chi connectivity index (χ2n) is 7.17. The molecule has 0 aliphatic carbocycles. The lowest BCUT2D eigenvalue weighted by molar-refractivity contribution is 0.101. The number of pyridine rings is 1. The van der Waals surface area contributed by atoms with Crippen molar-refractivity contribution in [2.75, 3.05) is 23.3 Å². The lowest BCUT2D eigenvalue weighted by Gasteiger charge is -2.17. The first-order chi connectivity index (χ1) is 15.2. The van der Waals surface area contributed by atoms with E-state index in [0.717, 1.165) is 23.7 Å². The molecule has 1 amide bonds. The number of carbonyl (C=O) groups is 1. The molecule has 7 nitrogen and oxygen atoms in total. The number of anilines is 2. The summed E-state index contributed by atoms with van der Waals surface area (Å²) in [5, 5.41) is 9.06. The van der Waals surface area contributed by atoms with Crippen LogP contribution in [0, 0.1) is 5.82 Å². The Morgan fingerprint density at radius 1 is 1.03 bits per heavy atom. The van der Waals surface area contributed by atoms with E-state index >= 15 is 0 Å². The van der Waals surface area contributed by atoms with E-state index in [0.29, 0.717) is 17.3 Å². The Kier molecular flexibility index (Phi) is 5.17. The van der Waals surface area contributed by atoms with Crippen LogP contribution >= 0.6 is 11.3 Å². The molecule has 9 heteroatoms. The Balaban J connectivity index is 1.41. The summed E-state index contributed by atoms with van der Waals surface area (Å²) >= 11 is 1.48. The maximum Gasteiger partial charge on any atom is 0.296 e. The van der Waals surface area contributed by atoms with Crippen LogP contribution in [0.2, 0.25) is 0 Å². The van der Waals surface area contributed by atoms with Gasteiger partial charge in [-0.3, -0.25) is 4.79 Å². The van der Waals surface area contributed by atoms with Crippen molar-refractivity contribution in [2.45, 2.75) is 12.8 Å². The van der Waals surface area contributed by atoms with Crippen LogP contribution in [0.5, 0.6) is 0 Å². The summed E-state index contributed by atoms with van der Waals surface area (Å²) in [6, 6.07) is 13.4. The maximum atomic E-state index is 13.4. The normalized spacial score (nSPS) is 13.5. The maximum absolute atomic E-state index is 13.4. The highest BCUT2D eigenvalue weighted by Gasteiger charge is 2.20. The lowest BCUT2D eigenvalue weighted by Crippen LogP contribution is -2.18. The summed E-state index contributed by atoms with van der Waals surface area (Å²) in [5.74, 6) is 0.161. The fourth-order valence-electron chi connectivity index (χ4n) is 3.53. The molecule has 1 N–H and O–H groups in total. The Morgan fingerprint density at radius 2 is 1.81 bits per heavy atom. The van der Waals surface area contributed by atoms with Gasteiger partial charge in [0.05, 0.1) is 22.4 Å². The van der Waals surface area contributed by atoms with Gasteiger partial charge < -0.3 is 10.2 Å². The highest BCUT2D eigenvalue weighted by molar-refractivity contribution is 7.13. The van der Waals surface area contributed by atoms with Crippen LogP contribution < -0.4 is 10.2 Å². The molecular weight excluding hydrogens is 415 g/mol. The van der Waals surface area contributed by atoms with E-state index < -0.39 is 5.91 Å². The Morgan fingerprint density at radius 3 is 2.48 bits per heavy atom. The van der Waals surface area contributed by atoms with Crippen molar-refractivity contribution >= 4 is 28.7 Å². The second kappa shape index (κ2) is 8.27. The average molecular weight is 435 g/mol. The molecule has 0 atom stereocenters. The molecular formula is C22H19FN6OS. The number of amides is 1. The molecule has 31 heavy (non-hydrogen) atoms. The SMILES string of the molecule is O=C(Nc1ccc(N2CCCC2)cn1)c1nc(-c2cccs2)n(-c2ccc(F)cc2)n1. The van der Waals surface area contributed by atoms with E-state index in [1.54, 1.807) is 29.1 Å². The number of hydrogen-bond donors (Lipinski definition) is 1. The minimum Gasteiger partial charge on any atom is -0.370 e. The molecule has 0 spiro atoms. The summed E-state index contributed by atoms with van der Waals surface area (Å²) in [7, 11) is 0. The minimum absolute atomic E-state index is 0.0122. The van der Waals surface area contributed by atoms with Crippen LogP contribution in [0.25, 0.3) is 16.4 Å². The Hall–Kier alpha value is -3.59. The van der Waals surface area contributed by atoms with E-state index in [4.69, 9.17) is 0 Å². The first kappa shape index (κ1) is 19.4. The van der Waals surface area contributed by atoms with Crippen molar-refractivity contribution in [2.24, 2.45) is 0 Å². The number of rotatable bonds is 5. The van der Waals surface area contributed by atoms with E-state index in [1.807, 2.05) is 23.6 Å². The zero-order valence-electron chi connectivity index (χ0n) is 16.5. The van der Waals surface area contributed by atoms with Crippen molar-refractivity contribution in [1.29, 1.82) is 0 Å². The number of nitrogens with zero attached hydrogens (tertiary/aromatic N) is 5. The van der Waals surface area contributed by atoms with Crippen molar-refractivity contribution in [3.05, 3.63) is 71.7 Å². The molecule has 1 aliphatic heterocycles. The van der Waals surface area contributed by atoms with Gasteiger partial charge in [0.25, 0.3) is 5.91 Å². The molecule has 3 aromatic heterocycles. The summed E-state index contributed by atoms with van der Waals surface area (Å²) in [5.41, 5.74) is 1.67. The molecule has 156 valence electrons. The van der Waals surface area contributed by atoms with Gasteiger partial charge in [0.2, 0.25) is 5.82 Å². The number of aromatic nitrogens is 4. The molecule has 1 saturated heterocycles. The van der Waals surface area contributed by atoms with Gasteiger partial charge in [-0.2, -0.15) is 0 Å². The van der Waals surface area contributed by atoms with Crippen molar-refractivity contribution < 1.29 is 9.18 Å². The summed E-state index contributed by atoms with van der Waals surface area (Å²) in [4.78, 5) is 24.8. The molecule has 4 heterocycles. The van der Waals surface area contributed by atoms with Gasteiger partial charge in [0.1, 0.15) is 11.6 Å². The number of carbonyl (C=O) groups excluding carboxylic acids is 1. The van der Waals surface area contributed by atoms with E-state index in [2.05, 4.69) is 25.3 Å². The molecule has 5 rings (SSSR count). The number of benzene rings is 1. The molecule has 0 saturated carbocycles. The molecule has 1 fully saturated rings. The number of nitrogens with one attached hydrogen (secondary N) is 1. The third-order valence-corrected chi connectivity index (χ3v) is 5.95. The van der Waals surface area contributed by atoms with E-state index in [9.17, 15) is 9.18 Å². The van der Waals surface area contributed by atoms with Gasteiger partial charge in [0, 0.05) is 13.1 Å². The van der Waals surface area contributed by atoms with Crippen molar-refractivity contribution in [3.63, 3.8) is 0 Å². The van der Waals surface area contributed by atoms with Crippen LogP contribution in [0.3, 0.4) is 0 Å². The largest absolute Gasteiger partial charge is 0.370 e. The van der Waals surface area contributed by atoms with E-state index in [-0.39, 0.29) is 11.6 Å². The van der Waals surface area contributed by atoms with Gasteiger partial charge in [-0.1, -0.05) is 6.07 Å². The van der Waals surface area contributed by atoms with Gasteiger partial charge in [-0.25, -0.2) is 19.0 Å². The average Bonchev–Trinajstić information content (AvgIpc) is 3.56. The fourth-order valence-corrected chi connectivity index (χ4v) is 4.23. The predicted molar refractivity (Wildman–Crippen MR) is 118 cm³/mol. The van der Waals surface area contributed by atoms with Crippen LogP contribution in [-0.4, -0.2) is 38.7 Å². The molecule has 1 aliphatic rings. The summed E-state index contributed by atoms with van der Waals surface area (Å²) in [6.45, 7) is 2.06. The summed E-state index contributed by atoms with van der Waals surface area (Å²) < 4.78 is 14.9. The second-order valence-corrected chi connectivity index (χ2v) is 8.12. The Bertz CT molecular complexity index is 1180. The predicted octanol–water partition coefficient (Wildman–Crippen LogP) is 4.38. The highest BCUT2D eigenvalue weighted by atomic mass is 32.1. The van der Waals surface area contributed by atoms with Gasteiger partial charge in [0.15, 0.2) is 5.82 Å². The number of hydrogen-bond acceptors (Lipinski definition) is 6. The van der Waals surface area contributed by atoms with Crippen molar-refractivity contribution in [1.82, 2.24) is 19.7 Å². The van der Waals surface area contributed by atoms with Gasteiger partial charge in [-0.15, -0.1) is 16.4 Å². The third kappa shape index (κ3) is 4.04. The molecule has 0 radical (unpaired) electrons. The van der Waals surface area contributed by atoms with Gasteiger partial charge in [-0.05, 0) is 60.7 Å². The monoisotopic (exact) mass is 434 g/mol. The molecule has 4 aromatic rings. The Labute approximate surface area is 182 Å².